The summed E-state index contributed by atoms with van der Waals surface area (Å²) >= 11 is 0. The van der Waals surface area contributed by atoms with Crippen LogP contribution in [0.2, 0.25) is 0 Å². The molecule has 15 nitrogen and oxygen atoms in total. The third-order valence-corrected chi connectivity index (χ3v) is 12.4. The Hall–Kier alpha value is -5.51. The average molecular weight is 807 g/mol. The SMILES string of the molecule is COC(=O)N[C@H](C(=O)N1C[C@@H](C)C[C@H]1c1ncc(-c2ccc3c(c2)COc2cc4c(ccc5[nH]c([C@@H]6CC[C@H](C)N6C(=O)C(NCO)C(C)C)nc54)cc2-3)[nH]1)[C@@H](C)OC. The van der Waals surface area contributed by atoms with Crippen LogP contribution >= 0.6 is 0 Å². The van der Waals surface area contributed by atoms with Gasteiger partial charge in [-0.2, -0.15) is 0 Å². The zero-order chi connectivity index (χ0) is 41.7. The van der Waals surface area contributed by atoms with Gasteiger partial charge in [-0.3, -0.25) is 14.9 Å². The van der Waals surface area contributed by atoms with Crippen LogP contribution in [0, 0.1) is 11.8 Å². The summed E-state index contributed by atoms with van der Waals surface area (Å²) in [5.41, 5.74) is 6.63. The molecule has 3 aliphatic rings. The lowest BCUT2D eigenvalue weighted by Crippen LogP contribution is -2.54. The summed E-state index contributed by atoms with van der Waals surface area (Å²) in [5.74, 6) is 2.19. The maximum atomic E-state index is 13.9. The van der Waals surface area contributed by atoms with E-state index >= 15 is 0 Å². The second-order valence-electron chi connectivity index (χ2n) is 16.7. The maximum Gasteiger partial charge on any atom is 0.407 e. The zero-order valence-corrected chi connectivity index (χ0v) is 34.7. The van der Waals surface area contributed by atoms with Crippen LogP contribution in [0.4, 0.5) is 4.79 Å². The van der Waals surface area contributed by atoms with E-state index in [4.69, 9.17) is 24.2 Å². The summed E-state index contributed by atoms with van der Waals surface area (Å²) in [4.78, 5) is 60.4. The third kappa shape index (κ3) is 7.40. The Morgan fingerprint density at radius 1 is 0.966 bits per heavy atom. The van der Waals surface area contributed by atoms with Gasteiger partial charge in [-0.25, -0.2) is 14.8 Å². The molecule has 5 heterocycles. The number of aromatic nitrogens is 4. The number of carbonyl (C=O) groups excluding carboxylic acids is 3. The molecule has 15 heteroatoms. The number of hydrogen-bond acceptors (Lipinski definition) is 10. The number of H-pyrrole nitrogens is 2. The van der Waals surface area contributed by atoms with Crippen LogP contribution in [0.25, 0.3) is 44.2 Å². The van der Waals surface area contributed by atoms with Crippen molar-refractivity contribution in [3.05, 3.63) is 65.9 Å². The standard InChI is InChI=1S/C44H54N8O7/c1-22(2)37(46-21-53)43(55)52-24(4)8-13-34(52)41-47-32-12-10-26-16-31-29-11-9-27(15-28(29)20-59-36(31)17-30(26)39(32)49-41)33-18-45-40(48-33)35-14-23(3)19-51(35)42(54)38(25(5)57-6)50-44(56)58-7/h9-12,15-18,22-25,34-35,37-38,46,53H,8,13-14,19-21H2,1-7H3,(H,45,48)(H,47,49)(H,50,56)/t23-,24-,25+,34-,35-,37?,38-/m0/s1. The van der Waals surface area contributed by atoms with Gasteiger partial charge in [0.05, 0.1) is 61.0 Å². The fourth-order valence-corrected chi connectivity index (χ4v) is 9.20. The van der Waals surface area contributed by atoms with Crippen LogP contribution in [0.1, 0.15) is 83.2 Å². The number of ether oxygens (including phenoxy) is 3. The maximum absolute atomic E-state index is 13.9. The third-order valence-electron chi connectivity index (χ3n) is 12.4. The van der Waals surface area contributed by atoms with E-state index in [1.807, 2.05) is 24.8 Å². The summed E-state index contributed by atoms with van der Waals surface area (Å²) in [6.45, 7) is 10.5. The number of aromatic amines is 2. The second-order valence-corrected chi connectivity index (χ2v) is 16.7. The Balaban J connectivity index is 1.05. The molecule has 0 spiro atoms. The quantitative estimate of drug-likeness (QED) is 0.0999. The number of imidazole rings is 2. The molecule has 5 aromatic rings. The van der Waals surface area contributed by atoms with Crippen molar-refractivity contribution < 1.29 is 33.7 Å². The van der Waals surface area contributed by atoms with Gasteiger partial charge in [0.25, 0.3) is 0 Å². The molecule has 0 radical (unpaired) electrons. The number of fused-ring (bicyclic) bond motifs is 6. The molecule has 3 amide bonds. The Kier molecular flexibility index (Phi) is 11.1. The number of nitrogens with zero attached hydrogens (tertiary/aromatic N) is 4. The molecule has 0 bridgehead atoms. The number of aliphatic hydroxyl groups is 1. The number of alkyl carbamates (subject to hydrolysis) is 1. The highest BCUT2D eigenvalue weighted by molar-refractivity contribution is 6.07. The van der Waals surface area contributed by atoms with Crippen molar-refractivity contribution >= 4 is 39.7 Å². The van der Waals surface area contributed by atoms with Crippen LogP contribution < -0.4 is 15.4 Å². The first-order valence-electron chi connectivity index (χ1n) is 20.5. The van der Waals surface area contributed by atoms with E-state index in [9.17, 15) is 19.5 Å². The average Bonchev–Trinajstić information content (AvgIpc) is 4.05. The molecule has 2 aromatic heterocycles. The van der Waals surface area contributed by atoms with E-state index in [1.54, 1.807) is 18.0 Å². The molecule has 2 fully saturated rings. The Labute approximate surface area is 343 Å². The van der Waals surface area contributed by atoms with Crippen molar-refractivity contribution in [3.63, 3.8) is 0 Å². The number of hydrogen-bond donors (Lipinski definition) is 5. The fraction of sp³-hybridized carbons (Fsp3) is 0.477. The lowest BCUT2D eigenvalue weighted by molar-refractivity contribution is -0.138. The minimum Gasteiger partial charge on any atom is -0.488 e. The second kappa shape index (κ2) is 16.3. The van der Waals surface area contributed by atoms with Crippen molar-refractivity contribution in [1.29, 1.82) is 0 Å². The highest BCUT2D eigenvalue weighted by Gasteiger charge is 2.42. The van der Waals surface area contributed by atoms with Gasteiger partial charge in [0.15, 0.2) is 0 Å². The first-order valence-corrected chi connectivity index (χ1v) is 20.5. The first-order chi connectivity index (χ1) is 28.4. The predicted octanol–water partition coefficient (Wildman–Crippen LogP) is 5.95. The number of likely N-dealkylation sites (tertiary alicyclic amines) is 2. The molecule has 7 atom stereocenters. The summed E-state index contributed by atoms with van der Waals surface area (Å²) in [7, 11) is 2.77. The predicted molar refractivity (Wildman–Crippen MR) is 222 cm³/mol. The Morgan fingerprint density at radius 2 is 1.78 bits per heavy atom. The van der Waals surface area contributed by atoms with Crippen LogP contribution in [0.3, 0.4) is 0 Å². The van der Waals surface area contributed by atoms with Crippen molar-refractivity contribution in [3.8, 4) is 28.1 Å². The molecular weight excluding hydrogens is 753 g/mol. The molecule has 2 saturated heterocycles. The van der Waals surface area contributed by atoms with Gasteiger partial charge >= 0.3 is 6.09 Å². The molecule has 8 rings (SSSR count). The van der Waals surface area contributed by atoms with Gasteiger partial charge in [0, 0.05) is 30.6 Å². The fourth-order valence-electron chi connectivity index (χ4n) is 9.20. The normalized spacial score (nSPS) is 21.6. The molecule has 3 aliphatic heterocycles. The topological polar surface area (TPSA) is 187 Å². The van der Waals surface area contributed by atoms with Crippen LogP contribution in [0.5, 0.6) is 5.75 Å². The van der Waals surface area contributed by atoms with Gasteiger partial charge in [0.1, 0.15) is 30.0 Å². The molecular formula is C44H54N8O7. The molecule has 59 heavy (non-hydrogen) atoms. The summed E-state index contributed by atoms with van der Waals surface area (Å²) < 4.78 is 16.7. The van der Waals surface area contributed by atoms with E-state index in [0.29, 0.717) is 19.0 Å². The van der Waals surface area contributed by atoms with Gasteiger partial charge in [0.2, 0.25) is 11.8 Å². The molecule has 1 unspecified atom stereocenters. The molecule has 0 saturated carbocycles. The number of aliphatic hydroxyl groups excluding tert-OH is 1. The van der Waals surface area contributed by atoms with Crippen LogP contribution in [0.15, 0.2) is 48.7 Å². The van der Waals surface area contributed by atoms with Gasteiger partial charge in [-0.05, 0) is 91.3 Å². The number of nitrogens with one attached hydrogen (secondary N) is 4. The van der Waals surface area contributed by atoms with Crippen molar-refractivity contribution in [2.24, 2.45) is 11.8 Å². The lowest BCUT2D eigenvalue weighted by atomic mass is 9.92. The Morgan fingerprint density at radius 3 is 2.53 bits per heavy atom. The van der Waals surface area contributed by atoms with E-state index in [2.05, 4.69) is 70.8 Å². The highest BCUT2D eigenvalue weighted by Crippen LogP contribution is 2.44. The Bertz CT molecular complexity index is 2390. The summed E-state index contributed by atoms with van der Waals surface area (Å²) in [6, 6.07) is 12.8. The van der Waals surface area contributed by atoms with Gasteiger partial charge in [-0.15, -0.1) is 0 Å². The molecule has 3 aromatic carbocycles. The number of methoxy groups -OCH3 is 2. The van der Waals surface area contributed by atoms with Crippen molar-refractivity contribution in [2.75, 3.05) is 27.5 Å². The number of benzene rings is 3. The van der Waals surface area contributed by atoms with Gasteiger partial charge < -0.3 is 44.4 Å². The van der Waals surface area contributed by atoms with E-state index in [0.717, 1.165) is 80.6 Å². The van der Waals surface area contributed by atoms with Crippen LogP contribution in [-0.4, -0.2) is 104 Å². The minimum atomic E-state index is -0.916. The first kappa shape index (κ1) is 40.3. The van der Waals surface area contributed by atoms with E-state index in [-0.39, 0.29) is 48.5 Å². The zero-order valence-electron chi connectivity index (χ0n) is 34.7. The summed E-state index contributed by atoms with van der Waals surface area (Å²) in [6.07, 6.45) is 2.93. The van der Waals surface area contributed by atoms with E-state index < -0.39 is 24.3 Å². The molecule has 0 aliphatic carbocycles. The number of rotatable bonds is 11. The number of amides is 3. The lowest BCUT2D eigenvalue weighted by Gasteiger charge is -2.33. The molecule has 5 N–H and O–H groups in total. The summed E-state index contributed by atoms with van der Waals surface area (Å²) in [5, 5.41) is 17.2. The van der Waals surface area contributed by atoms with Crippen molar-refractivity contribution in [1.82, 2.24) is 40.4 Å². The van der Waals surface area contributed by atoms with Crippen LogP contribution in [-0.2, 0) is 25.7 Å². The van der Waals surface area contributed by atoms with Crippen molar-refractivity contribution in [2.45, 2.75) is 96.8 Å². The smallest absolute Gasteiger partial charge is 0.407 e. The van der Waals surface area contributed by atoms with Gasteiger partial charge in [-0.1, -0.05) is 39.0 Å². The monoisotopic (exact) mass is 806 g/mol. The highest BCUT2D eigenvalue weighted by atomic mass is 16.5. The number of carbonyl (C=O) groups is 3. The largest absolute Gasteiger partial charge is 0.488 e. The minimum absolute atomic E-state index is 0.0174. The van der Waals surface area contributed by atoms with E-state index in [1.165, 1.54) is 14.2 Å². The molecule has 312 valence electrons.